The minimum absolute atomic E-state index is 0.0254. The Morgan fingerprint density at radius 2 is 1.97 bits per heavy atom. The number of pyridine rings is 1. The Balaban J connectivity index is 1.37. The van der Waals surface area contributed by atoms with Gasteiger partial charge in [0, 0.05) is 24.9 Å². The van der Waals surface area contributed by atoms with Crippen molar-refractivity contribution in [2.45, 2.75) is 56.9 Å². The molecule has 2 amide bonds. The lowest BCUT2D eigenvalue weighted by Crippen LogP contribution is -2.50. The lowest BCUT2D eigenvalue weighted by atomic mass is 9.59. The van der Waals surface area contributed by atoms with E-state index in [1.165, 1.54) is 24.2 Å². The summed E-state index contributed by atoms with van der Waals surface area (Å²) in [6.07, 6.45) is 10.4. The Kier molecular flexibility index (Phi) is 4.87. The highest BCUT2D eigenvalue weighted by Gasteiger charge is 2.43. The van der Waals surface area contributed by atoms with Gasteiger partial charge in [-0.2, -0.15) is 0 Å². The monoisotopic (exact) mass is 421 g/mol. The molecule has 3 heterocycles. The quantitative estimate of drug-likeness (QED) is 0.818. The molecule has 3 aliphatic carbocycles. The molecule has 1 atom stereocenters. The highest BCUT2D eigenvalue weighted by molar-refractivity contribution is 6.01. The highest BCUT2D eigenvalue weighted by atomic mass is 16.5. The number of carbonyl (C=O) groups excluding carboxylic acids is 2. The summed E-state index contributed by atoms with van der Waals surface area (Å²) in [6.45, 7) is 2.05. The van der Waals surface area contributed by atoms with E-state index in [0.717, 1.165) is 36.4 Å². The van der Waals surface area contributed by atoms with Gasteiger partial charge in [-0.3, -0.25) is 14.5 Å². The van der Waals surface area contributed by atoms with Crippen LogP contribution in [0.2, 0.25) is 0 Å². The van der Waals surface area contributed by atoms with Crippen LogP contribution in [0.3, 0.4) is 0 Å². The molecule has 8 heteroatoms. The molecule has 0 spiro atoms. The molecule has 0 radical (unpaired) electrons. The van der Waals surface area contributed by atoms with Gasteiger partial charge in [0.15, 0.2) is 11.6 Å². The maximum atomic E-state index is 13.0. The number of aryl methyl sites for hydroxylation is 1. The predicted molar refractivity (Wildman–Crippen MR) is 114 cm³/mol. The molecular formula is C23H27N5O3. The van der Waals surface area contributed by atoms with Crippen LogP contribution in [0, 0.1) is 12.8 Å². The van der Waals surface area contributed by atoms with Gasteiger partial charge in [-0.1, -0.05) is 0 Å². The third kappa shape index (κ3) is 3.43. The average Bonchev–Trinajstić information content (AvgIpc) is 2.93. The van der Waals surface area contributed by atoms with Crippen LogP contribution in [0.5, 0.6) is 5.75 Å². The van der Waals surface area contributed by atoms with Crippen LogP contribution < -0.4 is 15.0 Å². The van der Waals surface area contributed by atoms with Crippen LogP contribution in [0.4, 0.5) is 5.82 Å². The molecule has 8 nitrogen and oxygen atoms in total. The molecular weight excluding hydrogens is 394 g/mol. The number of nitrogens with zero attached hydrogens (tertiary/aromatic N) is 4. The first-order valence-corrected chi connectivity index (χ1v) is 11.0. The van der Waals surface area contributed by atoms with Crippen LogP contribution in [0.25, 0.3) is 0 Å². The molecule has 6 rings (SSSR count). The number of hydrogen-bond acceptors (Lipinski definition) is 6. The van der Waals surface area contributed by atoms with E-state index in [1.807, 2.05) is 6.92 Å². The van der Waals surface area contributed by atoms with Gasteiger partial charge in [-0.05, 0) is 69.1 Å². The molecule has 2 aromatic heterocycles. The summed E-state index contributed by atoms with van der Waals surface area (Å²) in [4.78, 5) is 40.6. The summed E-state index contributed by atoms with van der Waals surface area (Å²) in [7, 11) is 1.63. The molecule has 2 bridgehead atoms. The van der Waals surface area contributed by atoms with Crippen LogP contribution in [0.15, 0.2) is 24.5 Å². The van der Waals surface area contributed by atoms with E-state index in [9.17, 15) is 9.59 Å². The largest absolute Gasteiger partial charge is 0.487 e. The predicted octanol–water partition coefficient (Wildman–Crippen LogP) is 2.56. The summed E-state index contributed by atoms with van der Waals surface area (Å²) in [5.41, 5.74) is 2.10. The molecule has 1 N–H and O–H groups in total. The average molecular weight is 422 g/mol. The van der Waals surface area contributed by atoms with Crippen LogP contribution in [0.1, 0.15) is 60.4 Å². The Labute approximate surface area is 181 Å². The van der Waals surface area contributed by atoms with E-state index < -0.39 is 11.9 Å². The van der Waals surface area contributed by atoms with Gasteiger partial charge in [0.25, 0.3) is 11.8 Å². The van der Waals surface area contributed by atoms with Crippen molar-refractivity contribution in [2.75, 3.05) is 18.6 Å². The fourth-order valence-electron chi connectivity index (χ4n) is 5.35. The van der Waals surface area contributed by atoms with E-state index in [-0.39, 0.29) is 23.8 Å². The van der Waals surface area contributed by atoms with E-state index in [1.54, 1.807) is 31.6 Å². The number of rotatable bonds is 3. The number of ether oxygens (including phenoxy) is 1. The van der Waals surface area contributed by atoms with Crippen molar-refractivity contribution in [3.8, 4) is 5.75 Å². The van der Waals surface area contributed by atoms with Crippen molar-refractivity contribution in [1.82, 2.24) is 20.3 Å². The second kappa shape index (κ2) is 7.59. The van der Waals surface area contributed by atoms with Crippen LogP contribution in [-0.2, 0) is 10.2 Å². The first-order valence-electron chi connectivity index (χ1n) is 11.0. The van der Waals surface area contributed by atoms with Gasteiger partial charge in [0.2, 0.25) is 5.82 Å². The fraction of sp³-hybridized carbons (Fsp3) is 0.522. The summed E-state index contributed by atoms with van der Waals surface area (Å²) in [5, 5.41) is 2.77. The number of fused-ring (bicyclic) bond motifs is 4. The number of hydrogen-bond donors (Lipinski definition) is 1. The standard InChI is InChI=1S/C23H27N5O3/c1-14-12-25-19(27-18(14)23-8-5-15(6-9-23)7-10-23)21(29)26-16-13-31-17-4-3-11-24-20(17)28(2)22(16)30/h3-4,11-12,15-16H,5-10,13H2,1-2H3,(H,26,29)/t15?,16-,23?/m0/s1. The molecule has 3 fully saturated rings. The summed E-state index contributed by atoms with van der Waals surface area (Å²) in [5.74, 6) is 1.15. The highest BCUT2D eigenvalue weighted by Crippen LogP contribution is 2.51. The third-order valence-corrected chi connectivity index (χ3v) is 7.18. The van der Waals surface area contributed by atoms with Gasteiger partial charge in [0.1, 0.15) is 12.6 Å². The summed E-state index contributed by atoms with van der Waals surface area (Å²) in [6, 6.07) is 2.66. The Bertz CT molecular complexity index is 1020. The zero-order valence-corrected chi connectivity index (χ0v) is 17.9. The van der Waals surface area contributed by atoms with Crippen molar-refractivity contribution in [3.63, 3.8) is 0 Å². The number of nitrogens with one attached hydrogen (secondary N) is 1. The van der Waals surface area contributed by atoms with Gasteiger partial charge < -0.3 is 10.1 Å². The number of likely N-dealkylation sites (N-methyl/N-ethyl adjacent to an activating group) is 1. The zero-order chi connectivity index (χ0) is 21.6. The molecule has 31 heavy (non-hydrogen) atoms. The summed E-state index contributed by atoms with van der Waals surface area (Å²) >= 11 is 0. The lowest BCUT2D eigenvalue weighted by molar-refractivity contribution is -0.120. The topological polar surface area (TPSA) is 97.3 Å². The fourth-order valence-corrected chi connectivity index (χ4v) is 5.35. The normalized spacial score (nSPS) is 27.3. The minimum atomic E-state index is -0.844. The van der Waals surface area contributed by atoms with E-state index >= 15 is 0 Å². The van der Waals surface area contributed by atoms with Crippen LogP contribution >= 0.6 is 0 Å². The van der Waals surface area contributed by atoms with E-state index in [0.29, 0.717) is 11.6 Å². The SMILES string of the molecule is Cc1cnc(C(=O)N[C@H]2COc3cccnc3N(C)C2=O)nc1C12CCC(CC1)CC2. The molecule has 0 saturated heterocycles. The minimum Gasteiger partial charge on any atom is -0.487 e. The zero-order valence-electron chi connectivity index (χ0n) is 17.9. The van der Waals surface area contributed by atoms with Crippen molar-refractivity contribution in [1.29, 1.82) is 0 Å². The maximum Gasteiger partial charge on any atom is 0.289 e. The second-order valence-electron chi connectivity index (χ2n) is 9.05. The number of anilines is 1. The molecule has 3 saturated carbocycles. The first-order chi connectivity index (χ1) is 15.0. The number of carbonyl (C=O) groups is 2. The Hall–Kier alpha value is -3.03. The number of aromatic nitrogens is 3. The third-order valence-electron chi connectivity index (χ3n) is 7.18. The maximum absolute atomic E-state index is 13.0. The molecule has 2 aromatic rings. The van der Waals surface area contributed by atoms with Crippen molar-refractivity contribution in [2.24, 2.45) is 5.92 Å². The van der Waals surface area contributed by atoms with Gasteiger partial charge >= 0.3 is 0 Å². The lowest BCUT2D eigenvalue weighted by Gasteiger charge is -2.46. The Morgan fingerprint density at radius 3 is 2.71 bits per heavy atom. The molecule has 0 aromatic carbocycles. The van der Waals surface area contributed by atoms with Crippen molar-refractivity contribution < 1.29 is 14.3 Å². The first kappa shape index (κ1) is 19.9. The molecule has 1 aliphatic heterocycles. The molecule has 162 valence electrons. The molecule has 0 unspecified atom stereocenters. The van der Waals surface area contributed by atoms with Gasteiger partial charge in [0.05, 0.1) is 5.69 Å². The summed E-state index contributed by atoms with van der Waals surface area (Å²) < 4.78 is 5.73. The van der Waals surface area contributed by atoms with Crippen molar-refractivity contribution in [3.05, 3.63) is 41.6 Å². The Morgan fingerprint density at radius 1 is 1.23 bits per heavy atom. The van der Waals surface area contributed by atoms with Gasteiger partial charge in [-0.25, -0.2) is 15.0 Å². The van der Waals surface area contributed by atoms with Crippen molar-refractivity contribution >= 4 is 17.6 Å². The second-order valence-corrected chi connectivity index (χ2v) is 9.05. The molecule has 4 aliphatic rings. The van der Waals surface area contributed by atoms with E-state index in [4.69, 9.17) is 9.72 Å². The van der Waals surface area contributed by atoms with E-state index in [2.05, 4.69) is 15.3 Å². The smallest absolute Gasteiger partial charge is 0.289 e. The van der Waals surface area contributed by atoms with Gasteiger partial charge in [-0.15, -0.1) is 0 Å². The van der Waals surface area contributed by atoms with Crippen LogP contribution in [-0.4, -0.2) is 46.5 Å². The number of amides is 2.